The zero-order valence-corrected chi connectivity index (χ0v) is 13.3. The van der Waals surface area contributed by atoms with E-state index in [9.17, 15) is 4.79 Å². The molecule has 3 N–H and O–H groups in total. The van der Waals surface area contributed by atoms with Crippen LogP contribution in [0.5, 0.6) is 0 Å². The molecule has 2 rings (SSSR count). The molecule has 112 valence electrons. The van der Waals surface area contributed by atoms with Crippen molar-refractivity contribution in [2.24, 2.45) is 0 Å². The van der Waals surface area contributed by atoms with Crippen LogP contribution >= 0.6 is 11.3 Å². The zero-order valence-electron chi connectivity index (χ0n) is 12.5. The number of carbonyl (C=O) groups excluding carboxylic acids is 1. The van der Waals surface area contributed by atoms with Crippen molar-refractivity contribution >= 4 is 28.2 Å². The Morgan fingerprint density at radius 2 is 2.20 bits per heavy atom. The minimum atomic E-state index is -0.00240. The van der Waals surface area contributed by atoms with E-state index >= 15 is 0 Å². The summed E-state index contributed by atoms with van der Waals surface area (Å²) in [4.78, 5) is 21.5. The maximum Gasteiger partial charge on any atom is 0.268 e. The minimum Gasteiger partial charge on any atom is -0.382 e. The Balaban J connectivity index is 2.14. The third-order valence-corrected chi connectivity index (χ3v) is 4.34. The summed E-state index contributed by atoms with van der Waals surface area (Å²) in [6.45, 7) is 8.65. The fraction of sp³-hybridized carbons (Fsp3) is 0.692. The molecule has 0 spiro atoms. The van der Waals surface area contributed by atoms with Crippen molar-refractivity contribution in [1.82, 2.24) is 14.8 Å². The molecule has 1 fully saturated rings. The number of nitrogens with zero attached hydrogens (tertiary/aromatic N) is 3. The molecule has 1 amide bonds. The number of rotatable bonds is 3. The van der Waals surface area contributed by atoms with Crippen LogP contribution in [0.1, 0.15) is 30.4 Å². The lowest BCUT2D eigenvalue weighted by Crippen LogP contribution is -2.52. The number of hydrogen-bond donors (Lipinski definition) is 2. The molecule has 1 saturated heterocycles. The van der Waals surface area contributed by atoms with Gasteiger partial charge in [-0.05, 0) is 27.8 Å². The molecule has 1 aliphatic rings. The Morgan fingerprint density at radius 1 is 1.50 bits per heavy atom. The standard InChI is InChI=1S/C13H23N5OS/c1-8(2)15-13-16-11(14)10(20-13)12(19)18-6-5-17(4)7-9(18)3/h8-9H,5-7,14H2,1-4H3,(H,15,16). The third kappa shape index (κ3) is 3.21. The van der Waals surface area contributed by atoms with E-state index in [1.807, 2.05) is 18.7 Å². The van der Waals surface area contributed by atoms with E-state index in [0.717, 1.165) is 19.6 Å². The summed E-state index contributed by atoms with van der Waals surface area (Å²) >= 11 is 1.34. The number of piperazine rings is 1. The maximum absolute atomic E-state index is 12.6. The van der Waals surface area contributed by atoms with Crippen LogP contribution < -0.4 is 11.1 Å². The monoisotopic (exact) mass is 297 g/mol. The van der Waals surface area contributed by atoms with Crippen molar-refractivity contribution in [3.63, 3.8) is 0 Å². The van der Waals surface area contributed by atoms with Crippen molar-refractivity contribution in [3.05, 3.63) is 4.88 Å². The number of amides is 1. The molecule has 20 heavy (non-hydrogen) atoms. The number of nitrogens with one attached hydrogen (secondary N) is 1. The number of anilines is 2. The lowest BCUT2D eigenvalue weighted by atomic mass is 10.2. The predicted octanol–water partition coefficient (Wildman–Crippen LogP) is 1.32. The Morgan fingerprint density at radius 3 is 2.80 bits per heavy atom. The first kappa shape index (κ1) is 15.1. The first-order chi connectivity index (χ1) is 9.38. The molecule has 2 heterocycles. The number of carbonyl (C=O) groups is 1. The summed E-state index contributed by atoms with van der Waals surface area (Å²) in [7, 11) is 2.07. The van der Waals surface area contributed by atoms with Gasteiger partial charge in [0.1, 0.15) is 10.7 Å². The van der Waals surface area contributed by atoms with Crippen molar-refractivity contribution in [1.29, 1.82) is 0 Å². The van der Waals surface area contributed by atoms with Crippen molar-refractivity contribution in [2.75, 3.05) is 37.7 Å². The average molecular weight is 297 g/mol. The van der Waals surface area contributed by atoms with Crippen molar-refractivity contribution in [2.45, 2.75) is 32.9 Å². The molecule has 0 aromatic carbocycles. The maximum atomic E-state index is 12.6. The van der Waals surface area contributed by atoms with Crippen LogP contribution in [0, 0.1) is 0 Å². The molecule has 0 saturated carbocycles. The summed E-state index contributed by atoms with van der Waals surface area (Å²) in [6.07, 6.45) is 0. The molecule has 1 unspecified atom stereocenters. The summed E-state index contributed by atoms with van der Waals surface area (Å²) in [6, 6.07) is 0.468. The normalized spacial score (nSPS) is 20.4. The second-order valence-corrected chi connectivity index (χ2v) is 6.64. The highest BCUT2D eigenvalue weighted by Gasteiger charge is 2.29. The van der Waals surface area contributed by atoms with Crippen molar-refractivity contribution in [3.8, 4) is 0 Å². The quantitative estimate of drug-likeness (QED) is 0.880. The van der Waals surface area contributed by atoms with Gasteiger partial charge in [0, 0.05) is 31.7 Å². The number of likely N-dealkylation sites (N-methyl/N-ethyl adjacent to an activating group) is 1. The molecular formula is C13H23N5OS. The van der Waals surface area contributed by atoms with Gasteiger partial charge in [0.25, 0.3) is 5.91 Å². The van der Waals surface area contributed by atoms with Gasteiger partial charge in [-0.2, -0.15) is 0 Å². The Labute approximate surface area is 124 Å². The molecule has 1 aromatic rings. The van der Waals surface area contributed by atoms with Gasteiger partial charge in [-0.1, -0.05) is 11.3 Å². The summed E-state index contributed by atoms with van der Waals surface area (Å²) in [5.41, 5.74) is 5.90. The van der Waals surface area contributed by atoms with E-state index in [-0.39, 0.29) is 18.0 Å². The SMILES string of the molecule is CC(C)Nc1nc(N)c(C(=O)N2CCN(C)CC2C)s1. The van der Waals surface area contributed by atoms with Crippen LogP contribution in [-0.2, 0) is 0 Å². The lowest BCUT2D eigenvalue weighted by molar-refractivity contribution is 0.0539. The highest BCUT2D eigenvalue weighted by molar-refractivity contribution is 7.18. The number of hydrogen-bond acceptors (Lipinski definition) is 6. The molecule has 0 bridgehead atoms. The molecular weight excluding hydrogens is 274 g/mol. The van der Waals surface area contributed by atoms with Crippen LogP contribution in [0.2, 0.25) is 0 Å². The number of thiazole rings is 1. The highest BCUT2D eigenvalue weighted by Crippen LogP contribution is 2.28. The third-order valence-electron chi connectivity index (χ3n) is 3.35. The van der Waals surface area contributed by atoms with E-state index in [2.05, 4.69) is 29.2 Å². The molecule has 6 nitrogen and oxygen atoms in total. The van der Waals surface area contributed by atoms with Gasteiger partial charge in [0.05, 0.1) is 0 Å². The summed E-state index contributed by atoms with van der Waals surface area (Å²) < 4.78 is 0. The van der Waals surface area contributed by atoms with Gasteiger partial charge < -0.3 is 20.9 Å². The first-order valence-electron chi connectivity index (χ1n) is 6.90. The second kappa shape index (κ2) is 5.97. The van der Waals surface area contributed by atoms with Gasteiger partial charge in [-0.25, -0.2) is 4.98 Å². The fourth-order valence-electron chi connectivity index (χ4n) is 2.37. The van der Waals surface area contributed by atoms with Gasteiger partial charge in [-0.3, -0.25) is 4.79 Å². The summed E-state index contributed by atoms with van der Waals surface area (Å²) in [5, 5.41) is 3.90. The highest BCUT2D eigenvalue weighted by atomic mass is 32.1. The Hall–Kier alpha value is -1.34. The second-order valence-electron chi connectivity index (χ2n) is 5.64. The Bertz CT molecular complexity index is 487. The first-order valence-corrected chi connectivity index (χ1v) is 7.72. The lowest BCUT2D eigenvalue weighted by Gasteiger charge is -2.37. The number of nitrogens with two attached hydrogens (primary N) is 1. The molecule has 0 aliphatic carbocycles. The number of aromatic nitrogens is 1. The van der Waals surface area contributed by atoms with Crippen LogP contribution in [0.15, 0.2) is 0 Å². The van der Waals surface area contributed by atoms with Gasteiger partial charge in [-0.15, -0.1) is 0 Å². The van der Waals surface area contributed by atoms with Gasteiger partial charge >= 0.3 is 0 Å². The van der Waals surface area contributed by atoms with E-state index in [0.29, 0.717) is 15.8 Å². The summed E-state index contributed by atoms with van der Waals surface area (Å²) in [5.74, 6) is 0.326. The van der Waals surface area contributed by atoms with Crippen LogP contribution in [-0.4, -0.2) is 59.5 Å². The van der Waals surface area contributed by atoms with E-state index in [4.69, 9.17) is 5.73 Å². The van der Waals surface area contributed by atoms with E-state index in [1.165, 1.54) is 11.3 Å². The average Bonchev–Trinajstić information content (AvgIpc) is 2.68. The van der Waals surface area contributed by atoms with E-state index in [1.54, 1.807) is 0 Å². The van der Waals surface area contributed by atoms with Crippen molar-refractivity contribution < 1.29 is 4.79 Å². The predicted molar refractivity (Wildman–Crippen MR) is 83.3 cm³/mol. The molecule has 1 aromatic heterocycles. The van der Waals surface area contributed by atoms with Crippen LogP contribution in [0.4, 0.5) is 10.9 Å². The van der Waals surface area contributed by atoms with E-state index < -0.39 is 0 Å². The van der Waals surface area contributed by atoms with Gasteiger partial charge in [0.2, 0.25) is 0 Å². The fourth-order valence-corrected chi connectivity index (χ4v) is 3.35. The molecule has 7 heteroatoms. The van der Waals surface area contributed by atoms with Crippen LogP contribution in [0.25, 0.3) is 0 Å². The zero-order chi connectivity index (χ0) is 14.9. The topological polar surface area (TPSA) is 74.5 Å². The van der Waals surface area contributed by atoms with Crippen LogP contribution in [0.3, 0.4) is 0 Å². The largest absolute Gasteiger partial charge is 0.382 e. The Kier molecular flexibility index (Phi) is 4.49. The molecule has 0 radical (unpaired) electrons. The number of nitrogen functional groups attached to an aromatic ring is 1. The smallest absolute Gasteiger partial charge is 0.268 e. The molecule has 1 atom stereocenters. The van der Waals surface area contributed by atoms with Gasteiger partial charge in [0.15, 0.2) is 5.13 Å². The molecule has 1 aliphatic heterocycles. The minimum absolute atomic E-state index is 0.00240.